The Morgan fingerprint density at radius 2 is 1.79 bits per heavy atom. The summed E-state index contributed by atoms with van der Waals surface area (Å²) in [6, 6.07) is 0. The van der Waals surface area contributed by atoms with Crippen molar-refractivity contribution in [2.45, 2.75) is 70.4 Å². The Hall–Kier alpha value is -1.06. The van der Waals surface area contributed by atoms with Crippen molar-refractivity contribution in [1.82, 2.24) is 0 Å². The molecule has 0 aromatic rings. The number of hydrogen-bond donors (Lipinski definition) is 4. The smallest absolute Gasteiger partial charge is 0.335 e. The number of carbonyl (C=O) groups excluding carboxylic acids is 1. The first-order valence-corrected chi connectivity index (χ1v) is 8.13. The maximum Gasteiger partial charge on any atom is 0.335 e. The number of Topliss-reactive ketones (excluding diaryl/α,β-unsaturated/α-hetero) is 1. The molecule has 0 aromatic heterocycles. The van der Waals surface area contributed by atoms with Crippen LogP contribution in [0.3, 0.4) is 0 Å². The van der Waals surface area contributed by atoms with E-state index in [-0.39, 0.29) is 11.7 Å². The van der Waals surface area contributed by atoms with Crippen LogP contribution in [0.2, 0.25) is 0 Å². The Bertz CT molecular complexity index is 560. The maximum atomic E-state index is 12.7. The van der Waals surface area contributed by atoms with Crippen molar-refractivity contribution in [3.8, 4) is 0 Å². The van der Waals surface area contributed by atoms with E-state index in [4.69, 9.17) is 14.6 Å². The number of fused-ring (bicyclic) bond motifs is 2. The molecule has 0 amide bonds. The molecule has 8 atom stereocenters. The second kappa shape index (κ2) is 5.47. The van der Waals surface area contributed by atoms with Gasteiger partial charge in [-0.15, -0.1) is 0 Å². The molecular formula is C16H24O8. The minimum Gasteiger partial charge on any atom is -0.479 e. The number of hydrogen-bond acceptors (Lipinski definition) is 7. The molecule has 3 aliphatic rings. The molecule has 2 aliphatic carbocycles. The van der Waals surface area contributed by atoms with Crippen molar-refractivity contribution < 1.29 is 39.5 Å². The monoisotopic (exact) mass is 344 g/mol. The third-order valence-electron chi connectivity index (χ3n) is 6.12. The highest BCUT2D eigenvalue weighted by atomic mass is 16.7. The van der Waals surface area contributed by atoms with Crippen LogP contribution in [0, 0.1) is 16.7 Å². The van der Waals surface area contributed by atoms with Crippen LogP contribution in [0.15, 0.2) is 0 Å². The molecule has 8 heteroatoms. The summed E-state index contributed by atoms with van der Waals surface area (Å²) in [6.07, 6.45) is -7.44. The van der Waals surface area contributed by atoms with Gasteiger partial charge < -0.3 is 29.9 Å². The van der Waals surface area contributed by atoms with Gasteiger partial charge in [0.1, 0.15) is 24.1 Å². The number of carboxylic acid groups (broad SMARTS) is 1. The Kier molecular flexibility index (Phi) is 4.05. The Labute approximate surface area is 139 Å². The van der Waals surface area contributed by atoms with E-state index in [0.29, 0.717) is 12.8 Å². The lowest BCUT2D eigenvalue weighted by molar-refractivity contribution is -0.310. The summed E-state index contributed by atoms with van der Waals surface area (Å²) in [5.41, 5.74) is -1.16. The molecule has 136 valence electrons. The van der Waals surface area contributed by atoms with E-state index in [1.54, 1.807) is 0 Å². The van der Waals surface area contributed by atoms with Gasteiger partial charge in [0, 0.05) is 5.41 Å². The van der Waals surface area contributed by atoms with Crippen molar-refractivity contribution in [2.24, 2.45) is 16.7 Å². The number of aliphatic carboxylic acids is 1. The molecule has 0 spiro atoms. The Morgan fingerprint density at radius 1 is 1.17 bits per heavy atom. The summed E-state index contributed by atoms with van der Waals surface area (Å²) in [5, 5.41) is 38.7. The number of aliphatic hydroxyl groups is 3. The van der Waals surface area contributed by atoms with Crippen LogP contribution in [0.1, 0.15) is 33.6 Å². The van der Waals surface area contributed by atoms with Crippen LogP contribution in [0.5, 0.6) is 0 Å². The lowest BCUT2D eigenvalue weighted by Gasteiger charge is -2.43. The quantitative estimate of drug-likeness (QED) is 0.527. The van der Waals surface area contributed by atoms with Crippen molar-refractivity contribution in [2.75, 3.05) is 0 Å². The molecule has 0 aromatic carbocycles. The van der Waals surface area contributed by atoms with E-state index < -0.39 is 53.6 Å². The van der Waals surface area contributed by atoms with E-state index in [2.05, 4.69) is 0 Å². The first-order valence-electron chi connectivity index (χ1n) is 8.13. The zero-order chi connectivity index (χ0) is 18.0. The summed E-state index contributed by atoms with van der Waals surface area (Å²) in [5.74, 6) is -1.23. The molecule has 8 nitrogen and oxygen atoms in total. The summed E-state index contributed by atoms with van der Waals surface area (Å²) >= 11 is 0. The minimum absolute atomic E-state index is 0.0805. The van der Waals surface area contributed by atoms with Crippen LogP contribution >= 0.6 is 0 Å². The average molecular weight is 344 g/mol. The van der Waals surface area contributed by atoms with E-state index >= 15 is 0 Å². The van der Waals surface area contributed by atoms with Gasteiger partial charge in [-0.3, -0.25) is 4.79 Å². The molecule has 4 unspecified atom stereocenters. The van der Waals surface area contributed by atoms with Gasteiger partial charge in [-0.2, -0.15) is 0 Å². The molecule has 1 aliphatic heterocycles. The fourth-order valence-corrected chi connectivity index (χ4v) is 4.49. The summed E-state index contributed by atoms with van der Waals surface area (Å²) < 4.78 is 10.9. The topological polar surface area (TPSA) is 134 Å². The molecule has 2 saturated carbocycles. The standard InChI is InChI=1S/C16H24O8/c1-15(2)6-4-7(16(3,5-6)14(15)22)23-13-10(19)8(17)9(18)11(24-13)12(20)21/h6-11,13,17-19H,4-5H2,1-3H3,(H,20,21)/t6?,7?,8-,9-,10+,11-,13?,16?/m0/s1. The highest BCUT2D eigenvalue weighted by Crippen LogP contribution is 2.61. The second-order valence-electron chi connectivity index (χ2n) is 7.96. The highest BCUT2D eigenvalue weighted by Gasteiger charge is 2.65. The molecule has 0 radical (unpaired) electrons. The average Bonchev–Trinajstić information content (AvgIpc) is 2.92. The van der Waals surface area contributed by atoms with Crippen molar-refractivity contribution >= 4 is 11.8 Å². The van der Waals surface area contributed by atoms with Gasteiger partial charge in [0.25, 0.3) is 0 Å². The molecule has 3 rings (SSSR count). The van der Waals surface area contributed by atoms with E-state index in [1.165, 1.54) is 0 Å². The predicted molar refractivity (Wildman–Crippen MR) is 78.8 cm³/mol. The van der Waals surface area contributed by atoms with Crippen LogP contribution < -0.4 is 0 Å². The normalized spacial score (nSPS) is 50.2. The van der Waals surface area contributed by atoms with Gasteiger partial charge in [-0.1, -0.05) is 20.8 Å². The number of aliphatic hydroxyl groups excluding tert-OH is 3. The van der Waals surface area contributed by atoms with Crippen LogP contribution in [0.4, 0.5) is 0 Å². The van der Waals surface area contributed by atoms with Crippen LogP contribution in [-0.4, -0.2) is 69.0 Å². The molecule has 2 bridgehead atoms. The van der Waals surface area contributed by atoms with E-state index in [1.807, 2.05) is 20.8 Å². The van der Waals surface area contributed by atoms with Gasteiger partial charge in [0.05, 0.1) is 11.5 Å². The fourth-order valence-electron chi connectivity index (χ4n) is 4.49. The Balaban J connectivity index is 1.77. The third kappa shape index (κ3) is 2.32. The number of ether oxygens (including phenoxy) is 2. The number of carbonyl (C=O) groups is 2. The first-order chi connectivity index (χ1) is 11.0. The van der Waals surface area contributed by atoms with Crippen molar-refractivity contribution in [3.63, 3.8) is 0 Å². The molecular weight excluding hydrogens is 320 g/mol. The summed E-state index contributed by atoms with van der Waals surface area (Å²) in [4.78, 5) is 23.8. The van der Waals surface area contributed by atoms with Crippen LogP contribution in [0.25, 0.3) is 0 Å². The summed E-state index contributed by atoms with van der Waals surface area (Å²) in [6.45, 7) is 5.63. The Morgan fingerprint density at radius 3 is 2.29 bits per heavy atom. The largest absolute Gasteiger partial charge is 0.479 e. The zero-order valence-corrected chi connectivity index (χ0v) is 13.9. The van der Waals surface area contributed by atoms with Gasteiger partial charge in [-0.25, -0.2) is 4.79 Å². The number of ketones is 1. The summed E-state index contributed by atoms with van der Waals surface area (Å²) in [7, 11) is 0. The van der Waals surface area contributed by atoms with Crippen molar-refractivity contribution in [1.29, 1.82) is 0 Å². The minimum atomic E-state index is -1.76. The highest BCUT2D eigenvalue weighted by molar-refractivity contribution is 5.93. The predicted octanol–water partition coefficient (Wildman–Crippen LogP) is -0.711. The number of rotatable bonds is 3. The maximum absolute atomic E-state index is 12.7. The molecule has 1 heterocycles. The lowest BCUT2D eigenvalue weighted by Crippen LogP contribution is -2.61. The van der Waals surface area contributed by atoms with Gasteiger partial charge in [0.2, 0.25) is 0 Å². The second-order valence-corrected chi connectivity index (χ2v) is 7.96. The van der Waals surface area contributed by atoms with Gasteiger partial charge in [0.15, 0.2) is 12.4 Å². The van der Waals surface area contributed by atoms with Crippen LogP contribution in [-0.2, 0) is 19.1 Å². The third-order valence-corrected chi connectivity index (χ3v) is 6.12. The SMILES string of the molecule is CC1(C)C(=O)C2(C)CC1CC2OC1O[C@H](C(=O)O)[C@@H](O)[C@H](O)[C@H]1O. The number of carboxylic acids is 1. The molecule has 24 heavy (non-hydrogen) atoms. The fraction of sp³-hybridized carbons (Fsp3) is 0.875. The van der Waals surface area contributed by atoms with Crippen molar-refractivity contribution in [3.05, 3.63) is 0 Å². The zero-order valence-electron chi connectivity index (χ0n) is 13.9. The molecule has 1 saturated heterocycles. The van der Waals surface area contributed by atoms with Gasteiger partial charge in [-0.05, 0) is 18.8 Å². The van der Waals surface area contributed by atoms with Gasteiger partial charge >= 0.3 is 5.97 Å². The lowest BCUT2D eigenvalue weighted by atomic mass is 9.70. The molecule has 3 fully saturated rings. The van der Waals surface area contributed by atoms with E-state index in [9.17, 15) is 24.9 Å². The van der Waals surface area contributed by atoms with E-state index in [0.717, 1.165) is 0 Å². The first kappa shape index (κ1) is 17.8. The molecule has 4 N–H and O–H groups in total.